The number of carbonyl (C=O) groups is 2. The molecule has 2 fully saturated rings. The van der Waals surface area contributed by atoms with Gasteiger partial charge in [0.2, 0.25) is 5.91 Å². The number of nitrogens with one attached hydrogen (secondary N) is 1. The molecule has 0 spiro atoms. The lowest BCUT2D eigenvalue weighted by Gasteiger charge is -2.16. The van der Waals surface area contributed by atoms with Gasteiger partial charge in [-0.2, -0.15) is 0 Å². The molecular formula is C21H25N3O2. The van der Waals surface area contributed by atoms with Crippen molar-refractivity contribution in [2.45, 2.75) is 45.1 Å². The van der Waals surface area contributed by atoms with Crippen LogP contribution < -0.4 is 5.32 Å². The molecular weight excluding hydrogens is 326 g/mol. The topological polar surface area (TPSA) is 54.3 Å². The van der Waals surface area contributed by atoms with Crippen LogP contribution in [0.1, 0.15) is 58.9 Å². The smallest absolute Gasteiger partial charge is 0.257 e. The Balaban J connectivity index is 1.48. The SMILES string of the molecule is Cc1c(C(=O)Nc2cccc(CN3CCCC3=O)c2)cc(C2CC2)n1C. The molecule has 2 aromatic rings. The second-order valence-corrected chi connectivity index (χ2v) is 7.47. The van der Waals surface area contributed by atoms with E-state index >= 15 is 0 Å². The van der Waals surface area contributed by atoms with Crippen LogP contribution in [-0.2, 0) is 18.4 Å². The third-order valence-corrected chi connectivity index (χ3v) is 5.54. The Bertz CT molecular complexity index is 864. The lowest BCUT2D eigenvalue weighted by atomic mass is 10.1. The first-order valence-corrected chi connectivity index (χ1v) is 9.37. The van der Waals surface area contributed by atoms with Gasteiger partial charge in [-0.25, -0.2) is 0 Å². The molecule has 5 nitrogen and oxygen atoms in total. The highest BCUT2D eigenvalue weighted by Gasteiger charge is 2.29. The molecule has 5 heteroatoms. The first-order chi connectivity index (χ1) is 12.5. The van der Waals surface area contributed by atoms with Crippen molar-refractivity contribution < 1.29 is 9.59 Å². The molecule has 2 heterocycles. The van der Waals surface area contributed by atoms with E-state index in [0.29, 0.717) is 18.9 Å². The van der Waals surface area contributed by atoms with E-state index in [4.69, 9.17) is 0 Å². The molecule has 4 rings (SSSR count). The van der Waals surface area contributed by atoms with E-state index in [1.807, 2.05) is 49.2 Å². The summed E-state index contributed by atoms with van der Waals surface area (Å²) in [6, 6.07) is 9.82. The second-order valence-electron chi connectivity index (χ2n) is 7.47. The number of carbonyl (C=O) groups excluding carboxylic acids is 2. The van der Waals surface area contributed by atoms with Crippen molar-refractivity contribution in [3.8, 4) is 0 Å². The summed E-state index contributed by atoms with van der Waals surface area (Å²) >= 11 is 0. The highest BCUT2D eigenvalue weighted by atomic mass is 16.2. The molecule has 2 aliphatic rings. The Hall–Kier alpha value is -2.56. The maximum absolute atomic E-state index is 12.8. The van der Waals surface area contributed by atoms with Crippen LogP contribution in [0.25, 0.3) is 0 Å². The maximum atomic E-state index is 12.8. The number of aromatic nitrogens is 1. The Morgan fingerprint density at radius 1 is 1.27 bits per heavy atom. The number of hydrogen-bond acceptors (Lipinski definition) is 2. The zero-order valence-corrected chi connectivity index (χ0v) is 15.4. The van der Waals surface area contributed by atoms with Crippen molar-refractivity contribution in [1.29, 1.82) is 0 Å². The van der Waals surface area contributed by atoms with Crippen LogP contribution in [0.2, 0.25) is 0 Å². The Morgan fingerprint density at radius 2 is 2.08 bits per heavy atom. The van der Waals surface area contributed by atoms with Crippen molar-refractivity contribution in [1.82, 2.24) is 9.47 Å². The van der Waals surface area contributed by atoms with Gasteiger partial charge in [-0.15, -0.1) is 0 Å². The fourth-order valence-corrected chi connectivity index (χ4v) is 3.76. The summed E-state index contributed by atoms with van der Waals surface area (Å²) in [6.45, 7) is 3.43. The minimum Gasteiger partial charge on any atom is -0.351 e. The average Bonchev–Trinajstić information content (AvgIpc) is 3.32. The van der Waals surface area contributed by atoms with Crippen molar-refractivity contribution in [2.24, 2.45) is 7.05 Å². The Labute approximate surface area is 154 Å². The second kappa shape index (κ2) is 6.63. The van der Waals surface area contributed by atoms with Gasteiger partial charge in [-0.1, -0.05) is 12.1 Å². The number of likely N-dealkylation sites (tertiary alicyclic amines) is 1. The summed E-state index contributed by atoms with van der Waals surface area (Å²) in [5.41, 5.74) is 4.82. The third kappa shape index (κ3) is 3.26. The average molecular weight is 351 g/mol. The predicted molar refractivity (Wildman–Crippen MR) is 101 cm³/mol. The molecule has 0 atom stereocenters. The quantitative estimate of drug-likeness (QED) is 0.895. The summed E-state index contributed by atoms with van der Waals surface area (Å²) in [5, 5.41) is 3.02. The van der Waals surface area contributed by atoms with E-state index in [2.05, 4.69) is 9.88 Å². The van der Waals surface area contributed by atoms with E-state index in [-0.39, 0.29) is 11.8 Å². The summed E-state index contributed by atoms with van der Waals surface area (Å²) < 4.78 is 2.14. The molecule has 26 heavy (non-hydrogen) atoms. The van der Waals surface area contributed by atoms with E-state index in [9.17, 15) is 9.59 Å². The minimum absolute atomic E-state index is 0.0700. The molecule has 1 aliphatic carbocycles. The lowest BCUT2D eigenvalue weighted by molar-refractivity contribution is -0.128. The highest BCUT2D eigenvalue weighted by Crippen LogP contribution is 2.41. The monoisotopic (exact) mass is 351 g/mol. The van der Waals surface area contributed by atoms with E-state index in [1.54, 1.807) is 0 Å². The van der Waals surface area contributed by atoms with Gasteiger partial charge in [-0.3, -0.25) is 9.59 Å². The zero-order chi connectivity index (χ0) is 18.3. The number of nitrogens with zero attached hydrogens (tertiary/aromatic N) is 2. The van der Waals surface area contributed by atoms with E-state index in [0.717, 1.165) is 35.5 Å². The lowest BCUT2D eigenvalue weighted by Crippen LogP contribution is -2.23. The van der Waals surface area contributed by atoms with Crippen LogP contribution in [-0.4, -0.2) is 27.8 Å². The fourth-order valence-electron chi connectivity index (χ4n) is 3.76. The van der Waals surface area contributed by atoms with Gasteiger partial charge in [0.25, 0.3) is 5.91 Å². The van der Waals surface area contributed by atoms with Gasteiger partial charge < -0.3 is 14.8 Å². The van der Waals surface area contributed by atoms with Gasteiger partial charge in [0.1, 0.15) is 0 Å². The van der Waals surface area contributed by atoms with Gasteiger partial charge >= 0.3 is 0 Å². The number of anilines is 1. The minimum atomic E-state index is -0.0700. The molecule has 1 aliphatic heterocycles. The normalized spacial score (nSPS) is 17.0. The first kappa shape index (κ1) is 16.9. The molecule has 2 amide bonds. The first-order valence-electron chi connectivity index (χ1n) is 9.37. The van der Waals surface area contributed by atoms with Gasteiger partial charge in [-0.05, 0) is 55.9 Å². The predicted octanol–water partition coefficient (Wildman–Crippen LogP) is 3.59. The summed E-state index contributed by atoms with van der Waals surface area (Å²) in [4.78, 5) is 26.5. The van der Waals surface area contributed by atoms with Crippen LogP contribution >= 0.6 is 0 Å². The number of hydrogen-bond donors (Lipinski definition) is 1. The molecule has 1 aromatic heterocycles. The number of benzene rings is 1. The molecule has 1 aromatic carbocycles. The third-order valence-electron chi connectivity index (χ3n) is 5.54. The standard InChI is InChI=1S/C21H25N3O2/c1-14-18(12-19(23(14)2)16-8-9-16)21(26)22-17-6-3-5-15(11-17)13-24-10-4-7-20(24)25/h3,5-6,11-12,16H,4,7-10,13H2,1-2H3,(H,22,26). The fraction of sp³-hybridized carbons (Fsp3) is 0.429. The molecule has 1 N–H and O–H groups in total. The number of rotatable bonds is 5. The van der Waals surface area contributed by atoms with Gasteiger partial charge in [0.15, 0.2) is 0 Å². The van der Waals surface area contributed by atoms with E-state index in [1.165, 1.54) is 18.5 Å². The van der Waals surface area contributed by atoms with Gasteiger partial charge in [0, 0.05) is 43.6 Å². The maximum Gasteiger partial charge on any atom is 0.257 e. The molecule has 136 valence electrons. The van der Waals surface area contributed by atoms with Crippen LogP contribution in [0, 0.1) is 6.92 Å². The van der Waals surface area contributed by atoms with Crippen molar-refractivity contribution in [3.05, 3.63) is 52.8 Å². The highest BCUT2D eigenvalue weighted by molar-refractivity contribution is 6.05. The molecule has 0 unspecified atom stereocenters. The summed E-state index contributed by atoms with van der Waals surface area (Å²) in [7, 11) is 2.04. The summed E-state index contributed by atoms with van der Waals surface area (Å²) in [5.74, 6) is 0.757. The van der Waals surface area contributed by atoms with Gasteiger partial charge in [0.05, 0.1) is 5.56 Å². The summed E-state index contributed by atoms with van der Waals surface area (Å²) in [6.07, 6.45) is 4.02. The molecule has 1 saturated heterocycles. The largest absolute Gasteiger partial charge is 0.351 e. The molecule has 0 bridgehead atoms. The van der Waals surface area contributed by atoms with Crippen LogP contribution in [0.5, 0.6) is 0 Å². The number of amides is 2. The van der Waals surface area contributed by atoms with E-state index < -0.39 is 0 Å². The Kier molecular flexibility index (Phi) is 4.31. The molecule has 0 radical (unpaired) electrons. The van der Waals surface area contributed by atoms with Crippen molar-refractivity contribution in [3.63, 3.8) is 0 Å². The molecule has 1 saturated carbocycles. The van der Waals surface area contributed by atoms with Crippen LogP contribution in [0.15, 0.2) is 30.3 Å². The van der Waals surface area contributed by atoms with Crippen molar-refractivity contribution in [2.75, 3.05) is 11.9 Å². The van der Waals surface area contributed by atoms with Crippen LogP contribution in [0.4, 0.5) is 5.69 Å². The van der Waals surface area contributed by atoms with Crippen molar-refractivity contribution >= 4 is 17.5 Å². The van der Waals surface area contributed by atoms with Crippen LogP contribution in [0.3, 0.4) is 0 Å². The Morgan fingerprint density at radius 3 is 2.77 bits per heavy atom. The zero-order valence-electron chi connectivity index (χ0n) is 15.4.